The Bertz CT molecular complexity index is 1160. The molecule has 0 spiro atoms. The number of H-pyrrole nitrogens is 1. The molecule has 1 aromatic heterocycles. The van der Waals surface area contributed by atoms with Gasteiger partial charge in [-0.15, -0.1) is 5.10 Å². The van der Waals surface area contributed by atoms with E-state index in [4.69, 9.17) is 0 Å². The maximum Gasteiger partial charge on any atom is 0.237 e. The molecule has 0 saturated heterocycles. The number of hydrogen-bond acceptors (Lipinski definition) is 4. The second kappa shape index (κ2) is 9.28. The summed E-state index contributed by atoms with van der Waals surface area (Å²) in [4.78, 5) is 17.3. The normalized spacial score (nSPS) is 11.8. The van der Waals surface area contributed by atoms with E-state index >= 15 is 0 Å². The lowest BCUT2D eigenvalue weighted by Gasteiger charge is -2.14. The molecule has 3 aromatic carbocycles. The molecule has 5 nitrogen and oxygen atoms in total. The van der Waals surface area contributed by atoms with Gasteiger partial charge in [0.05, 0.1) is 5.25 Å². The van der Waals surface area contributed by atoms with Crippen molar-refractivity contribution in [2.45, 2.75) is 17.3 Å². The molecule has 2 N–H and O–H groups in total. The lowest BCUT2D eigenvalue weighted by molar-refractivity contribution is -0.115. The predicted molar refractivity (Wildman–Crippen MR) is 125 cm³/mol. The number of rotatable bonds is 6. The van der Waals surface area contributed by atoms with Crippen molar-refractivity contribution in [2.75, 3.05) is 5.32 Å². The summed E-state index contributed by atoms with van der Waals surface area (Å²) in [7, 11) is 0. The molecular weight excluding hydrogens is 460 g/mol. The van der Waals surface area contributed by atoms with Gasteiger partial charge in [0, 0.05) is 21.3 Å². The summed E-state index contributed by atoms with van der Waals surface area (Å²) in [6.07, 6.45) is 0. The molecule has 150 valence electrons. The quantitative estimate of drug-likeness (QED) is 0.332. The van der Waals surface area contributed by atoms with Crippen molar-refractivity contribution in [3.8, 4) is 22.5 Å². The van der Waals surface area contributed by atoms with Crippen LogP contribution in [0.4, 0.5) is 5.69 Å². The molecule has 1 heterocycles. The standard InChI is InChI=1S/C23H19BrN4OS/c1-15(30-23-26-21(27-28-23)18-12-5-7-13-19(18)24)22(29)25-20-14-8-6-11-17(20)16-9-3-2-4-10-16/h2-15H,1H3,(H,25,29)(H,26,27,28)/t15-/m1/s1. The SMILES string of the molecule is C[C@@H](Sc1n[nH]c(-c2ccccc2Br)n1)C(=O)Nc1ccccc1-c1ccccc1. The number of thioether (sulfide) groups is 1. The number of para-hydroxylation sites is 1. The molecule has 4 aromatic rings. The number of carbonyl (C=O) groups excluding carboxylic acids is 1. The topological polar surface area (TPSA) is 70.7 Å². The van der Waals surface area contributed by atoms with Crippen LogP contribution in [0.15, 0.2) is 88.5 Å². The van der Waals surface area contributed by atoms with E-state index in [-0.39, 0.29) is 11.2 Å². The summed E-state index contributed by atoms with van der Waals surface area (Å²) < 4.78 is 0.931. The molecule has 0 bridgehead atoms. The molecule has 30 heavy (non-hydrogen) atoms. The van der Waals surface area contributed by atoms with Crippen molar-refractivity contribution < 1.29 is 4.79 Å². The molecular formula is C23H19BrN4OS. The molecule has 0 aliphatic heterocycles. The van der Waals surface area contributed by atoms with E-state index in [2.05, 4.69) is 36.4 Å². The van der Waals surface area contributed by atoms with Gasteiger partial charge < -0.3 is 5.32 Å². The van der Waals surface area contributed by atoms with Crippen molar-refractivity contribution >= 4 is 39.3 Å². The van der Waals surface area contributed by atoms with Crippen LogP contribution in [0.3, 0.4) is 0 Å². The van der Waals surface area contributed by atoms with Crippen LogP contribution in [0.25, 0.3) is 22.5 Å². The third-order valence-electron chi connectivity index (χ3n) is 4.52. The largest absolute Gasteiger partial charge is 0.325 e. The maximum absolute atomic E-state index is 12.8. The van der Waals surface area contributed by atoms with Crippen molar-refractivity contribution in [1.82, 2.24) is 15.2 Å². The number of aromatic nitrogens is 3. The smallest absolute Gasteiger partial charge is 0.237 e. The number of aromatic amines is 1. The Morgan fingerprint density at radius 3 is 2.40 bits per heavy atom. The average molecular weight is 479 g/mol. The van der Waals surface area contributed by atoms with Gasteiger partial charge in [-0.05, 0) is 24.6 Å². The summed E-state index contributed by atoms with van der Waals surface area (Å²) in [6, 6.07) is 25.6. The third kappa shape index (κ3) is 4.63. The lowest BCUT2D eigenvalue weighted by atomic mass is 10.0. The van der Waals surface area contributed by atoms with Gasteiger partial charge >= 0.3 is 0 Å². The molecule has 0 fully saturated rings. The van der Waals surface area contributed by atoms with E-state index < -0.39 is 0 Å². The first kappa shape index (κ1) is 20.4. The molecule has 0 radical (unpaired) electrons. The summed E-state index contributed by atoms with van der Waals surface area (Å²) in [5.74, 6) is 0.558. The summed E-state index contributed by atoms with van der Waals surface area (Å²) in [5, 5.41) is 10.4. The van der Waals surface area contributed by atoms with Crippen LogP contribution in [-0.2, 0) is 4.79 Å². The first-order chi connectivity index (χ1) is 14.6. The van der Waals surface area contributed by atoms with Crippen LogP contribution < -0.4 is 5.32 Å². The number of benzene rings is 3. The number of halogens is 1. The molecule has 0 unspecified atom stereocenters. The van der Waals surface area contributed by atoms with E-state index in [1.54, 1.807) is 0 Å². The molecule has 0 saturated carbocycles. The Labute approximate surface area is 187 Å². The zero-order chi connectivity index (χ0) is 20.9. The van der Waals surface area contributed by atoms with Crippen LogP contribution in [0.1, 0.15) is 6.92 Å². The summed E-state index contributed by atoms with van der Waals surface area (Å²) in [5.41, 5.74) is 3.74. The molecule has 7 heteroatoms. The minimum Gasteiger partial charge on any atom is -0.325 e. The van der Waals surface area contributed by atoms with Crippen LogP contribution in [-0.4, -0.2) is 26.3 Å². The Hall–Kier alpha value is -2.90. The van der Waals surface area contributed by atoms with E-state index in [1.165, 1.54) is 11.8 Å². The first-order valence-corrected chi connectivity index (χ1v) is 11.1. The zero-order valence-electron chi connectivity index (χ0n) is 16.2. The minimum absolute atomic E-state index is 0.101. The van der Waals surface area contributed by atoms with E-state index in [0.29, 0.717) is 11.0 Å². The molecule has 4 rings (SSSR count). The Morgan fingerprint density at radius 2 is 1.63 bits per heavy atom. The number of nitrogens with one attached hydrogen (secondary N) is 2. The van der Waals surface area contributed by atoms with Gasteiger partial charge in [-0.3, -0.25) is 9.89 Å². The highest BCUT2D eigenvalue weighted by atomic mass is 79.9. The van der Waals surface area contributed by atoms with E-state index in [0.717, 1.165) is 26.9 Å². The predicted octanol–water partition coefficient (Wildman–Crippen LogP) is 6.02. The van der Waals surface area contributed by atoms with Crippen molar-refractivity contribution in [1.29, 1.82) is 0 Å². The number of anilines is 1. The van der Waals surface area contributed by atoms with Gasteiger partial charge in [0.1, 0.15) is 0 Å². The van der Waals surface area contributed by atoms with Crippen LogP contribution in [0.2, 0.25) is 0 Å². The zero-order valence-corrected chi connectivity index (χ0v) is 18.6. The fourth-order valence-electron chi connectivity index (χ4n) is 2.98. The van der Waals surface area contributed by atoms with E-state index in [9.17, 15) is 4.79 Å². The van der Waals surface area contributed by atoms with Crippen LogP contribution in [0.5, 0.6) is 0 Å². The number of amides is 1. The lowest BCUT2D eigenvalue weighted by Crippen LogP contribution is -2.22. The minimum atomic E-state index is -0.364. The number of nitrogens with zero attached hydrogens (tertiary/aromatic N) is 2. The fraction of sp³-hybridized carbons (Fsp3) is 0.0870. The Morgan fingerprint density at radius 1 is 0.967 bits per heavy atom. The monoisotopic (exact) mass is 478 g/mol. The third-order valence-corrected chi connectivity index (χ3v) is 6.17. The Balaban J connectivity index is 1.47. The van der Waals surface area contributed by atoms with Crippen LogP contribution in [0, 0.1) is 0 Å². The van der Waals surface area contributed by atoms with Gasteiger partial charge in [0.25, 0.3) is 0 Å². The van der Waals surface area contributed by atoms with E-state index in [1.807, 2.05) is 85.8 Å². The van der Waals surface area contributed by atoms with Crippen molar-refractivity contribution in [2.24, 2.45) is 0 Å². The second-order valence-electron chi connectivity index (χ2n) is 6.61. The number of hydrogen-bond donors (Lipinski definition) is 2. The highest BCUT2D eigenvalue weighted by Crippen LogP contribution is 2.30. The highest BCUT2D eigenvalue weighted by Gasteiger charge is 2.19. The first-order valence-electron chi connectivity index (χ1n) is 9.41. The summed E-state index contributed by atoms with van der Waals surface area (Å²) >= 11 is 4.83. The molecule has 0 aliphatic rings. The van der Waals surface area contributed by atoms with Gasteiger partial charge in [-0.25, -0.2) is 4.98 Å². The maximum atomic E-state index is 12.8. The van der Waals surface area contributed by atoms with Gasteiger partial charge in [-0.2, -0.15) is 0 Å². The molecule has 0 aliphatic carbocycles. The average Bonchev–Trinajstić information content (AvgIpc) is 3.23. The number of carbonyl (C=O) groups is 1. The highest BCUT2D eigenvalue weighted by molar-refractivity contribution is 9.10. The molecule has 1 amide bonds. The van der Waals surface area contributed by atoms with Crippen molar-refractivity contribution in [3.63, 3.8) is 0 Å². The summed E-state index contributed by atoms with van der Waals surface area (Å²) in [6.45, 7) is 1.85. The van der Waals surface area contributed by atoms with Gasteiger partial charge in [-0.1, -0.05) is 94.4 Å². The van der Waals surface area contributed by atoms with Crippen LogP contribution >= 0.6 is 27.7 Å². The van der Waals surface area contributed by atoms with Crippen molar-refractivity contribution in [3.05, 3.63) is 83.3 Å². The van der Waals surface area contributed by atoms with Gasteiger partial charge in [0.2, 0.25) is 11.1 Å². The second-order valence-corrected chi connectivity index (χ2v) is 8.77. The fourth-order valence-corrected chi connectivity index (χ4v) is 4.18. The molecule has 1 atom stereocenters. The van der Waals surface area contributed by atoms with Gasteiger partial charge in [0.15, 0.2) is 5.82 Å². The Kier molecular flexibility index (Phi) is 6.30.